The van der Waals surface area contributed by atoms with Crippen LogP contribution in [-0.4, -0.2) is 37.6 Å². The van der Waals surface area contributed by atoms with Gasteiger partial charge in [-0.15, -0.1) is 0 Å². The molecule has 0 saturated carbocycles. The second kappa shape index (κ2) is 5.69. The van der Waals surface area contributed by atoms with Crippen LogP contribution in [0.15, 0.2) is 0 Å². The molecule has 0 atom stereocenters. The summed E-state index contributed by atoms with van der Waals surface area (Å²) in [5, 5.41) is 3.29. The lowest BCUT2D eigenvalue weighted by molar-refractivity contribution is 0.274. The molecule has 0 radical (unpaired) electrons. The smallest absolute Gasteiger partial charge is 0.0106 e. The Kier molecular flexibility index (Phi) is 5.64. The van der Waals surface area contributed by atoms with Crippen LogP contribution in [-0.2, 0) is 0 Å². The molecule has 10 heavy (non-hydrogen) atoms. The normalized spacial score (nSPS) is 11.4. The fourth-order valence-electron chi connectivity index (χ4n) is 0.690. The van der Waals surface area contributed by atoms with Gasteiger partial charge in [0, 0.05) is 19.1 Å². The molecular formula is C8H20N2. The van der Waals surface area contributed by atoms with E-state index in [1.807, 2.05) is 0 Å². The van der Waals surface area contributed by atoms with Crippen molar-refractivity contribution >= 4 is 0 Å². The Morgan fingerprint density at radius 3 is 2.40 bits per heavy atom. The van der Waals surface area contributed by atoms with E-state index in [1.165, 1.54) is 0 Å². The van der Waals surface area contributed by atoms with Crippen LogP contribution in [0.3, 0.4) is 0 Å². The fraction of sp³-hybridized carbons (Fsp3) is 1.00. The summed E-state index contributed by atoms with van der Waals surface area (Å²) in [7, 11) is 2.15. The topological polar surface area (TPSA) is 15.3 Å². The molecule has 0 aliphatic carbocycles. The second-order valence-corrected chi connectivity index (χ2v) is 2.93. The van der Waals surface area contributed by atoms with Crippen molar-refractivity contribution in [1.82, 2.24) is 10.2 Å². The zero-order chi connectivity index (χ0) is 7.98. The molecule has 62 valence electrons. The Morgan fingerprint density at radius 1 is 1.40 bits per heavy atom. The van der Waals surface area contributed by atoms with Crippen molar-refractivity contribution in [3.63, 3.8) is 0 Å². The first kappa shape index (κ1) is 9.92. The quantitative estimate of drug-likeness (QED) is 0.578. The molecular weight excluding hydrogens is 124 g/mol. The molecule has 0 fully saturated rings. The molecule has 2 nitrogen and oxygen atoms in total. The Morgan fingerprint density at radius 2 is 2.00 bits per heavy atom. The van der Waals surface area contributed by atoms with Crippen molar-refractivity contribution in [1.29, 1.82) is 0 Å². The van der Waals surface area contributed by atoms with E-state index in [1.54, 1.807) is 0 Å². The Balaban J connectivity index is 3.13. The van der Waals surface area contributed by atoms with Crippen LogP contribution < -0.4 is 5.32 Å². The van der Waals surface area contributed by atoms with Crippen LogP contribution >= 0.6 is 0 Å². The zero-order valence-corrected chi connectivity index (χ0v) is 7.65. The second-order valence-electron chi connectivity index (χ2n) is 2.93. The van der Waals surface area contributed by atoms with Gasteiger partial charge >= 0.3 is 0 Å². The maximum atomic E-state index is 3.29. The minimum Gasteiger partial charge on any atom is -0.316 e. The summed E-state index contributed by atoms with van der Waals surface area (Å²) in [6.45, 7) is 9.88. The molecule has 0 amide bonds. The van der Waals surface area contributed by atoms with Gasteiger partial charge in [0.05, 0.1) is 0 Å². The summed E-state index contributed by atoms with van der Waals surface area (Å²) in [5.74, 6) is 0. The molecule has 0 bridgehead atoms. The molecule has 0 aromatic carbocycles. The van der Waals surface area contributed by atoms with Crippen molar-refractivity contribution in [2.45, 2.75) is 26.8 Å². The lowest BCUT2D eigenvalue weighted by Crippen LogP contribution is -2.33. The highest BCUT2D eigenvalue weighted by Gasteiger charge is 1.99. The van der Waals surface area contributed by atoms with E-state index < -0.39 is 0 Å². The van der Waals surface area contributed by atoms with E-state index in [-0.39, 0.29) is 0 Å². The summed E-state index contributed by atoms with van der Waals surface area (Å²) in [4.78, 5) is 2.34. The SMILES string of the molecule is CCNCCN(C)C(C)C. The summed E-state index contributed by atoms with van der Waals surface area (Å²) >= 11 is 0. The average molecular weight is 144 g/mol. The molecule has 0 aromatic rings. The molecule has 0 rings (SSSR count). The highest BCUT2D eigenvalue weighted by atomic mass is 15.1. The molecule has 0 aromatic heterocycles. The summed E-state index contributed by atoms with van der Waals surface area (Å²) < 4.78 is 0. The van der Waals surface area contributed by atoms with E-state index in [0.717, 1.165) is 19.6 Å². The first-order valence-corrected chi connectivity index (χ1v) is 4.09. The van der Waals surface area contributed by atoms with Crippen LogP contribution in [0.5, 0.6) is 0 Å². The monoisotopic (exact) mass is 144 g/mol. The zero-order valence-electron chi connectivity index (χ0n) is 7.65. The lowest BCUT2D eigenvalue weighted by Gasteiger charge is -2.20. The molecule has 0 aliphatic rings. The van der Waals surface area contributed by atoms with Gasteiger partial charge in [-0.1, -0.05) is 6.92 Å². The predicted molar refractivity (Wildman–Crippen MR) is 46.3 cm³/mol. The molecule has 0 spiro atoms. The van der Waals surface area contributed by atoms with Gasteiger partial charge in [0.25, 0.3) is 0 Å². The lowest BCUT2D eigenvalue weighted by atomic mass is 10.3. The van der Waals surface area contributed by atoms with Crippen LogP contribution in [0.4, 0.5) is 0 Å². The van der Waals surface area contributed by atoms with E-state index in [9.17, 15) is 0 Å². The molecule has 0 aliphatic heterocycles. The molecule has 0 heterocycles. The molecule has 1 N–H and O–H groups in total. The van der Waals surface area contributed by atoms with Crippen molar-refractivity contribution in [2.24, 2.45) is 0 Å². The number of hydrogen-bond donors (Lipinski definition) is 1. The number of likely N-dealkylation sites (N-methyl/N-ethyl adjacent to an activating group) is 2. The maximum Gasteiger partial charge on any atom is 0.0106 e. The first-order chi connectivity index (χ1) is 4.68. The van der Waals surface area contributed by atoms with Gasteiger partial charge in [-0.2, -0.15) is 0 Å². The van der Waals surface area contributed by atoms with Crippen molar-refractivity contribution in [2.75, 3.05) is 26.7 Å². The minimum absolute atomic E-state index is 0.665. The number of hydrogen-bond acceptors (Lipinski definition) is 2. The van der Waals surface area contributed by atoms with Crippen LogP contribution in [0, 0.1) is 0 Å². The Bertz CT molecular complexity index is 71.7. The average Bonchev–Trinajstić information content (AvgIpc) is 1.88. The third-order valence-electron chi connectivity index (χ3n) is 1.77. The first-order valence-electron chi connectivity index (χ1n) is 4.09. The predicted octanol–water partition coefficient (Wildman–Crippen LogP) is 0.936. The van der Waals surface area contributed by atoms with Gasteiger partial charge in [0.1, 0.15) is 0 Å². The van der Waals surface area contributed by atoms with E-state index in [0.29, 0.717) is 6.04 Å². The van der Waals surface area contributed by atoms with Gasteiger partial charge in [-0.3, -0.25) is 0 Å². The molecule has 0 unspecified atom stereocenters. The summed E-state index contributed by atoms with van der Waals surface area (Å²) in [5.41, 5.74) is 0. The molecule has 0 saturated heterocycles. The van der Waals surface area contributed by atoms with E-state index in [4.69, 9.17) is 0 Å². The van der Waals surface area contributed by atoms with Crippen molar-refractivity contribution in [3.05, 3.63) is 0 Å². The maximum absolute atomic E-state index is 3.29. The largest absolute Gasteiger partial charge is 0.316 e. The van der Waals surface area contributed by atoms with Gasteiger partial charge in [-0.25, -0.2) is 0 Å². The van der Waals surface area contributed by atoms with E-state index >= 15 is 0 Å². The number of rotatable bonds is 5. The highest BCUT2D eigenvalue weighted by Crippen LogP contribution is 1.90. The van der Waals surface area contributed by atoms with Gasteiger partial charge in [0.15, 0.2) is 0 Å². The molecule has 2 heteroatoms. The fourth-order valence-corrected chi connectivity index (χ4v) is 0.690. The minimum atomic E-state index is 0.665. The summed E-state index contributed by atoms with van der Waals surface area (Å²) in [6, 6.07) is 0.665. The standard InChI is InChI=1S/C8H20N2/c1-5-9-6-7-10(4)8(2)3/h8-9H,5-7H2,1-4H3. The number of nitrogens with one attached hydrogen (secondary N) is 1. The Hall–Kier alpha value is -0.0800. The number of nitrogens with zero attached hydrogens (tertiary/aromatic N) is 1. The van der Waals surface area contributed by atoms with Crippen LogP contribution in [0.2, 0.25) is 0 Å². The van der Waals surface area contributed by atoms with Crippen molar-refractivity contribution in [3.8, 4) is 0 Å². The third kappa shape index (κ3) is 4.77. The van der Waals surface area contributed by atoms with Gasteiger partial charge < -0.3 is 10.2 Å². The Labute approximate surface area is 64.6 Å². The van der Waals surface area contributed by atoms with Crippen molar-refractivity contribution < 1.29 is 0 Å². The summed E-state index contributed by atoms with van der Waals surface area (Å²) in [6.07, 6.45) is 0. The van der Waals surface area contributed by atoms with Gasteiger partial charge in [-0.05, 0) is 27.4 Å². The van der Waals surface area contributed by atoms with Crippen LogP contribution in [0.1, 0.15) is 20.8 Å². The third-order valence-corrected chi connectivity index (χ3v) is 1.77. The van der Waals surface area contributed by atoms with Gasteiger partial charge in [0.2, 0.25) is 0 Å². The van der Waals surface area contributed by atoms with Crippen LogP contribution in [0.25, 0.3) is 0 Å². The van der Waals surface area contributed by atoms with E-state index in [2.05, 4.69) is 38.0 Å². The highest BCUT2D eigenvalue weighted by molar-refractivity contribution is 4.57.